The Balaban J connectivity index is 2.21. The topological polar surface area (TPSA) is 12.0 Å². The molecule has 2 rings (SSSR count). The van der Waals surface area contributed by atoms with Crippen LogP contribution in [0.2, 0.25) is 0 Å². The zero-order valence-electron chi connectivity index (χ0n) is 8.60. The minimum absolute atomic E-state index is 0.0474. The van der Waals surface area contributed by atoms with Gasteiger partial charge in [-0.3, -0.25) is 0 Å². The Labute approximate surface area is 96.4 Å². The normalized spacial score (nSPS) is 16.7. The Kier molecular flexibility index (Phi) is 3.44. The molecular weight excluding hydrogens is 235 g/mol. The van der Waals surface area contributed by atoms with Gasteiger partial charge in [-0.25, -0.2) is 0 Å². The SMILES string of the molecule is FC(F)(F)Sc1ccc2c(c1)CNCCC2. The molecule has 0 bridgehead atoms. The lowest BCUT2D eigenvalue weighted by Crippen LogP contribution is -2.12. The maximum atomic E-state index is 12.2. The molecule has 0 spiro atoms. The van der Waals surface area contributed by atoms with Crippen molar-refractivity contribution in [2.75, 3.05) is 6.54 Å². The number of rotatable bonds is 1. The summed E-state index contributed by atoms with van der Waals surface area (Å²) in [7, 11) is 0. The summed E-state index contributed by atoms with van der Waals surface area (Å²) >= 11 is -0.0474. The molecule has 1 heterocycles. The Morgan fingerprint density at radius 3 is 2.75 bits per heavy atom. The van der Waals surface area contributed by atoms with E-state index < -0.39 is 5.51 Å². The van der Waals surface area contributed by atoms with Crippen LogP contribution < -0.4 is 5.32 Å². The van der Waals surface area contributed by atoms with Gasteiger partial charge >= 0.3 is 5.51 Å². The summed E-state index contributed by atoms with van der Waals surface area (Å²) in [4.78, 5) is 0.273. The van der Waals surface area contributed by atoms with Crippen molar-refractivity contribution < 1.29 is 13.2 Å². The van der Waals surface area contributed by atoms with Crippen LogP contribution in [0.15, 0.2) is 23.1 Å². The average molecular weight is 247 g/mol. The van der Waals surface area contributed by atoms with Gasteiger partial charge in [-0.05, 0) is 54.4 Å². The highest BCUT2D eigenvalue weighted by Crippen LogP contribution is 2.37. The Hall–Kier alpha value is -0.680. The Bertz CT molecular complexity index is 376. The summed E-state index contributed by atoms with van der Waals surface area (Å²) in [5.74, 6) is 0. The molecule has 5 heteroatoms. The molecule has 0 amide bonds. The van der Waals surface area contributed by atoms with E-state index in [9.17, 15) is 13.2 Å². The first-order valence-electron chi connectivity index (χ1n) is 5.13. The van der Waals surface area contributed by atoms with Crippen molar-refractivity contribution in [3.05, 3.63) is 29.3 Å². The van der Waals surface area contributed by atoms with Crippen molar-refractivity contribution >= 4 is 11.8 Å². The van der Waals surface area contributed by atoms with Crippen molar-refractivity contribution in [3.8, 4) is 0 Å². The first-order chi connectivity index (χ1) is 7.54. The van der Waals surface area contributed by atoms with Crippen LogP contribution in [0.5, 0.6) is 0 Å². The molecule has 0 aliphatic carbocycles. The van der Waals surface area contributed by atoms with E-state index in [1.54, 1.807) is 12.1 Å². The van der Waals surface area contributed by atoms with Crippen LogP contribution in [-0.4, -0.2) is 12.1 Å². The van der Waals surface area contributed by atoms with E-state index in [4.69, 9.17) is 0 Å². The second-order valence-electron chi connectivity index (χ2n) is 3.76. The third kappa shape index (κ3) is 3.15. The molecule has 0 unspecified atom stereocenters. The molecule has 1 aliphatic rings. The van der Waals surface area contributed by atoms with Gasteiger partial charge in [-0.1, -0.05) is 6.07 Å². The van der Waals surface area contributed by atoms with Crippen LogP contribution in [0.1, 0.15) is 17.5 Å². The lowest BCUT2D eigenvalue weighted by molar-refractivity contribution is -0.0328. The Morgan fingerprint density at radius 2 is 2.00 bits per heavy atom. The van der Waals surface area contributed by atoms with Gasteiger partial charge in [0, 0.05) is 11.4 Å². The van der Waals surface area contributed by atoms with Crippen molar-refractivity contribution in [1.29, 1.82) is 0 Å². The zero-order chi connectivity index (χ0) is 11.6. The van der Waals surface area contributed by atoms with Gasteiger partial charge in [0.1, 0.15) is 0 Å². The molecule has 1 aromatic rings. The van der Waals surface area contributed by atoms with E-state index in [1.807, 2.05) is 6.07 Å². The number of hydrogen-bond donors (Lipinski definition) is 1. The van der Waals surface area contributed by atoms with E-state index in [2.05, 4.69) is 5.32 Å². The van der Waals surface area contributed by atoms with Gasteiger partial charge in [0.15, 0.2) is 0 Å². The fourth-order valence-corrected chi connectivity index (χ4v) is 2.44. The summed E-state index contributed by atoms with van der Waals surface area (Å²) in [5, 5.41) is 3.20. The first-order valence-corrected chi connectivity index (χ1v) is 5.94. The van der Waals surface area contributed by atoms with Crippen molar-refractivity contribution in [3.63, 3.8) is 0 Å². The number of aryl methyl sites for hydroxylation is 1. The number of thioether (sulfide) groups is 1. The number of hydrogen-bond acceptors (Lipinski definition) is 2. The maximum Gasteiger partial charge on any atom is 0.446 e. The molecule has 0 saturated carbocycles. The first kappa shape index (κ1) is 11.8. The molecule has 0 radical (unpaired) electrons. The fourth-order valence-electron chi connectivity index (χ4n) is 1.83. The summed E-state index contributed by atoms with van der Waals surface area (Å²) in [5.41, 5.74) is -2.05. The van der Waals surface area contributed by atoms with E-state index in [-0.39, 0.29) is 16.7 Å². The molecule has 0 aromatic heterocycles. The standard InChI is InChI=1S/C11H12F3NS/c12-11(13,14)16-10-4-3-8-2-1-5-15-7-9(8)6-10/h3-4,6,15H,1-2,5,7H2. The van der Waals surface area contributed by atoms with E-state index in [0.29, 0.717) is 6.54 Å². The van der Waals surface area contributed by atoms with Crippen molar-refractivity contribution in [1.82, 2.24) is 5.32 Å². The molecule has 0 fully saturated rings. The predicted octanol–water partition coefficient (Wildman–Crippen LogP) is 3.33. The molecular formula is C11H12F3NS. The zero-order valence-corrected chi connectivity index (χ0v) is 9.42. The second kappa shape index (κ2) is 4.67. The van der Waals surface area contributed by atoms with Crippen LogP contribution in [0.3, 0.4) is 0 Å². The minimum atomic E-state index is -4.20. The van der Waals surface area contributed by atoms with E-state index in [0.717, 1.165) is 30.5 Å². The minimum Gasteiger partial charge on any atom is -0.313 e. The summed E-state index contributed by atoms with van der Waals surface area (Å²) in [6.07, 6.45) is 1.98. The molecule has 1 aliphatic heterocycles. The highest BCUT2D eigenvalue weighted by atomic mass is 32.2. The molecule has 1 aromatic carbocycles. The van der Waals surface area contributed by atoms with Gasteiger partial charge in [0.05, 0.1) is 0 Å². The number of nitrogens with one attached hydrogen (secondary N) is 1. The van der Waals surface area contributed by atoms with Crippen LogP contribution in [0, 0.1) is 0 Å². The number of halogens is 3. The lowest BCUT2D eigenvalue weighted by Gasteiger charge is -2.10. The van der Waals surface area contributed by atoms with Crippen LogP contribution in [0.4, 0.5) is 13.2 Å². The molecule has 16 heavy (non-hydrogen) atoms. The maximum absolute atomic E-state index is 12.2. The van der Waals surface area contributed by atoms with Gasteiger partial charge in [0.25, 0.3) is 0 Å². The molecule has 1 nitrogen and oxygen atoms in total. The smallest absolute Gasteiger partial charge is 0.313 e. The van der Waals surface area contributed by atoms with Crippen LogP contribution in [-0.2, 0) is 13.0 Å². The monoisotopic (exact) mass is 247 g/mol. The highest BCUT2D eigenvalue weighted by Gasteiger charge is 2.29. The summed E-state index contributed by atoms with van der Waals surface area (Å²) < 4.78 is 36.6. The summed E-state index contributed by atoms with van der Waals surface area (Å²) in [6.45, 7) is 1.60. The largest absolute Gasteiger partial charge is 0.446 e. The van der Waals surface area contributed by atoms with Crippen molar-refractivity contribution in [2.45, 2.75) is 29.8 Å². The quantitative estimate of drug-likeness (QED) is 0.764. The van der Waals surface area contributed by atoms with Crippen LogP contribution in [0.25, 0.3) is 0 Å². The second-order valence-corrected chi connectivity index (χ2v) is 4.90. The average Bonchev–Trinajstić information content (AvgIpc) is 2.39. The third-order valence-electron chi connectivity index (χ3n) is 2.53. The molecule has 0 atom stereocenters. The molecule has 1 N–H and O–H groups in total. The number of benzene rings is 1. The predicted molar refractivity (Wildman–Crippen MR) is 58.4 cm³/mol. The molecule has 0 saturated heterocycles. The lowest BCUT2D eigenvalue weighted by atomic mass is 10.0. The van der Waals surface area contributed by atoms with E-state index >= 15 is 0 Å². The summed E-state index contributed by atoms with van der Waals surface area (Å²) in [6, 6.07) is 5.02. The van der Waals surface area contributed by atoms with Crippen molar-refractivity contribution in [2.24, 2.45) is 0 Å². The van der Waals surface area contributed by atoms with Gasteiger partial charge in [0.2, 0.25) is 0 Å². The van der Waals surface area contributed by atoms with Crippen LogP contribution >= 0.6 is 11.8 Å². The highest BCUT2D eigenvalue weighted by molar-refractivity contribution is 8.00. The van der Waals surface area contributed by atoms with E-state index in [1.165, 1.54) is 0 Å². The van der Waals surface area contributed by atoms with Gasteiger partial charge in [-0.15, -0.1) is 0 Å². The number of fused-ring (bicyclic) bond motifs is 1. The molecule has 88 valence electrons. The third-order valence-corrected chi connectivity index (χ3v) is 3.25. The van der Waals surface area contributed by atoms with Gasteiger partial charge in [-0.2, -0.15) is 13.2 Å². The fraction of sp³-hybridized carbons (Fsp3) is 0.455. The number of alkyl halides is 3. The Morgan fingerprint density at radius 1 is 1.19 bits per heavy atom. The van der Waals surface area contributed by atoms with Gasteiger partial charge < -0.3 is 5.32 Å².